The Balaban J connectivity index is 1.97. The van der Waals surface area contributed by atoms with E-state index in [1.165, 1.54) is 6.08 Å². The van der Waals surface area contributed by atoms with E-state index in [4.69, 9.17) is 14.2 Å². The van der Waals surface area contributed by atoms with Gasteiger partial charge in [0.15, 0.2) is 0 Å². The fraction of sp³-hybridized carbons (Fsp3) is 0.167. The Morgan fingerprint density at radius 1 is 1.03 bits per heavy atom. The van der Waals surface area contributed by atoms with Crippen molar-refractivity contribution in [3.8, 4) is 23.3 Å². The van der Waals surface area contributed by atoms with Crippen LogP contribution in [0, 0.1) is 11.3 Å². The van der Waals surface area contributed by atoms with Gasteiger partial charge in [0.2, 0.25) is 0 Å². The fourth-order valence-electron chi connectivity index (χ4n) is 3.05. The molecule has 0 saturated carbocycles. The number of nitrogens with zero attached hydrogens (tertiary/aromatic N) is 1. The summed E-state index contributed by atoms with van der Waals surface area (Å²) in [6, 6.07) is 18.3. The summed E-state index contributed by atoms with van der Waals surface area (Å²) in [7, 11) is 3.13. The quantitative estimate of drug-likeness (QED) is 0.453. The van der Waals surface area contributed by atoms with Crippen LogP contribution in [0.4, 0.5) is 5.69 Å². The average molecular weight is 402 g/mol. The molecule has 0 aliphatic carbocycles. The van der Waals surface area contributed by atoms with Gasteiger partial charge in [0.05, 0.1) is 20.8 Å². The highest BCUT2D eigenvalue weighted by atomic mass is 16.5. The Labute approximate surface area is 175 Å². The van der Waals surface area contributed by atoms with E-state index in [0.29, 0.717) is 35.1 Å². The van der Waals surface area contributed by atoms with Crippen LogP contribution in [0.25, 0.3) is 16.8 Å². The number of nitriles is 1. The lowest BCUT2D eigenvalue weighted by Gasteiger charge is -2.11. The van der Waals surface area contributed by atoms with Crippen molar-refractivity contribution < 1.29 is 19.0 Å². The molecule has 0 radical (unpaired) electrons. The first kappa shape index (κ1) is 20.7. The number of ether oxygens (including phenoxy) is 3. The van der Waals surface area contributed by atoms with E-state index in [1.807, 2.05) is 37.3 Å². The first-order valence-electron chi connectivity index (χ1n) is 9.40. The second-order valence-electron chi connectivity index (χ2n) is 6.35. The SMILES string of the molecule is CCOc1ccc(NC(=O)/C(C#N)=C/c2c(OC)ccc3ccc(OC)cc23)cc1. The molecule has 0 spiro atoms. The van der Waals surface area contributed by atoms with Gasteiger partial charge in [-0.15, -0.1) is 0 Å². The van der Waals surface area contributed by atoms with E-state index in [9.17, 15) is 10.1 Å². The van der Waals surface area contributed by atoms with Gasteiger partial charge >= 0.3 is 0 Å². The molecule has 1 N–H and O–H groups in total. The fourth-order valence-corrected chi connectivity index (χ4v) is 3.05. The minimum atomic E-state index is -0.511. The molecule has 30 heavy (non-hydrogen) atoms. The van der Waals surface area contributed by atoms with Crippen molar-refractivity contribution in [2.24, 2.45) is 0 Å². The molecule has 6 nitrogen and oxygen atoms in total. The second-order valence-corrected chi connectivity index (χ2v) is 6.35. The molecule has 0 atom stereocenters. The Bertz CT molecular complexity index is 1120. The van der Waals surface area contributed by atoms with Gasteiger partial charge < -0.3 is 19.5 Å². The van der Waals surface area contributed by atoms with Gasteiger partial charge in [-0.05, 0) is 66.2 Å². The molecular weight excluding hydrogens is 380 g/mol. The van der Waals surface area contributed by atoms with Crippen molar-refractivity contribution in [1.29, 1.82) is 5.26 Å². The topological polar surface area (TPSA) is 80.6 Å². The molecule has 0 saturated heterocycles. The molecule has 3 aromatic carbocycles. The van der Waals surface area contributed by atoms with Gasteiger partial charge in [-0.2, -0.15) is 5.26 Å². The lowest BCUT2D eigenvalue weighted by molar-refractivity contribution is -0.112. The largest absolute Gasteiger partial charge is 0.497 e. The van der Waals surface area contributed by atoms with E-state index < -0.39 is 5.91 Å². The van der Waals surface area contributed by atoms with E-state index >= 15 is 0 Å². The predicted octanol–water partition coefficient (Wildman–Crippen LogP) is 4.80. The summed E-state index contributed by atoms with van der Waals surface area (Å²) in [6.07, 6.45) is 1.53. The van der Waals surface area contributed by atoms with Gasteiger partial charge in [-0.1, -0.05) is 12.1 Å². The van der Waals surface area contributed by atoms with Gasteiger partial charge in [0.25, 0.3) is 5.91 Å². The maximum absolute atomic E-state index is 12.7. The number of nitrogens with one attached hydrogen (secondary N) is 1. The summed E-state index contributed by atoms with van der Waals surface area (Å²) in [4.78, 5) is 12.7. The number of methoxy groups -OCH3 is 2. The van der Waals surface area contributed by atoms with Crippen LogP contribution in [0.3, 0.4) is 0 Å². The third kappa shape index (κ3) is 4.53. The first-order chi connectivity index (χ1) is 14.6. The van der Waals surface area contributed by atoms with Crippen molar-refractivity contribution in [3.05, 3.63) is 65.7 Å². The van der Waals surface area contributed by atoms with E-state index in [2.05, 4.69) is 5.32 Å². The number of amides is 1. The number of hydrogen-bond donors (Lipinski definition) is 1. The average Bonchev–Trinajstić information content (AvgIpc) is 2.78. The second kappa shape index (κ2) is 9.48. The molecule has 1 amide bonds. The first-order valence-corrected chi connectivity index (χ1v) is 9.40. The third-order valence-corrected chi connectivity index (χ3v) is 4.53. The van der Waals surface area contributed by atoms with Crippen molar-refractivity contribution >= 4 is 28.4 Å². The van der Waals surface area contributed by atoms with Gasteiger partial charge in [-0.3, -0.25) is 4.79 Å². The van der Waals surface area contributed by atoms with Crippen molar-refractivity contribution in [1.82, 2.24) is 0 Å². The monoisotopic (exact) mass is 402 g/mol. The number of carbonyl (C=O) groups excluding carboxylic acids is 1. The molecule has 0 heterocycles. The van der Waals surface area contributed by atoms with Crippen LogP contribution in [0.2, 0.25) is 0 Å². The van der Waals surface area contributed by atoms with Crippen molar-refractivity contribution in [2.45, 2.75) is 6.92 Å². The van der Waals surface area contributed by atoms with E-state index in [1.54, 1.807) is 44.6 Å². The molecule has 3 rings (SSSR count). The van der Waals surface area contributed by atoms with Crippen LogP contribution in [0.1, 0.15) is 12.5 Å². The number of carbonyl (C=O) groups is 1. The number of anilines is 1. The molecule has 0 unspecified atom stereocenters. The van der Waals surface area contributed by atoms with E-state index in [0.717, 1.165) is 10.8 Å². The van der Waals surface area contributed by atoms with Crippen molar-refractivity contribution in [2.75, 3.05) is 26.1 Å². The van der Waals surface area contributed by atoms with Gasteiger partial charge in [-0.25, -0.2) is 0 Å². The Morgan fingerprint density at radius 2 is 1.73 bits per heavy atom. The van der Waals surface area contributed by atoms with Crippen LogP contribution in [0.15, 0.2) is 60.2 Å². The Hall–Kier alpha value is -3.98. The van der Waals surface area contributed by atoms with Crippen molar-refractivity contribution in [3.63, 3.8) is 0 Å². The standard InChI is InChI=1S/C24H22N2O4/c1-4-30-19-10-7-18(8-11-19)26-24(27)17(15-25)13-22-21-14-20(28-2)9-5-16(21)6-12-23(22)29-3/h5-14H,4H2,1-3H3,(H,26,27)/b17-13+. The summed E-state index contributed by atoms with van der Waals surface area (Å²) >= 11 is 0. The zero-order valence-electron chi connectivity index (χ0n) is 17.1. The van der Waals surface area contributed by atoms with Crippen LogP contribution in [0.5, 0.6) is 17.2 Å². The van der Waals surface area contributed by atoms with Gasteiger partial charge in [0, 0.05) is 11.3 Å². The molecule has 3 aromatic rings. The Kier molecular flexibility index (Phi) is 6.56. The zero-order chi connectivity index (χ0) is 21.5. The maximum Gasteiger partial charge on any atom is 0.266 e. The lowest BCUT2D eigenvalue weighted by Crippen LogP contribution is -2.13. The predicted molar refractivity (Wildman–Crippen MR) is 117 cm³/mol. The molecule has 0 aromatic heterocycles. The minimum absolute atomic E-state index is 0.0440. The Morgan fingerprint density at radius 3 is 2.37 bits per heavy atom. The normalized spacial score (nSPS) is 10.9. The summed E-state index contributed by atoms with van der Waals surface area (Å²) in [5.74, 6) is 1.42. The molecule has 0 aliphatic rings. The van der Waals surface area contributed by atoms with Crippen LogP contribution in [-0.2, 0) is 4.79 Å². The molecule has 0 bridgehead atoms. The highest BCUT2D eigenvalue weighted by molar-refractivity contribution is 6.11. The molecule has 0 aliphatic heterocycles. The number of rotatable bonds is 7. The molecular formula is C24H22N2O4. The zero-order valence-corrected chi connectivity index (χ0v) is 17.1. The van der Waals surface area contributed by atoms with Crippen LogP contribution >= 0.6 is 0 Å². The molecule has 152 valence electrons. The maximum atomic E-state index is 12.7. The molecule has 0 fully saturated rings. The van der Waals surface area contributed by atoms with E-state index in [-0.39, 0.29) is 5.57 Å². The smallest absolute Gasteiger partial charge is 0.266 e. The minimum Gasteiger partial charge on any atom is -0.497 e. The summed E-state index contributed by atoms with van der Waals surface area (Å²) in [5, 5.41) is 14.1. The summed E-state index contributed by atoms with van der Waals surface area (Å²) in [5.41, 5.74) is 1.15. The molecule has 6 heteroatoms. The number of hydrogen-bond acceptors (Lipinski definition) is 5. The number of fused-ring (bicyclic) bond motifs is 1. The van der Waals surface area contributed by atoms with Gasteiger partial charge in [0.1, 0.15) is 28.9 Å². The van der Waals surface area contributed by atoms with Crippen LogP contribution in [-0.4, -0.2) is 26.7 Å². The third-order valence-electron chi connectivity index (χ3n) is 4.53. The summed E-state index contributed by atoms with van der Waals surface area (Å²) < 4.78 is 16.2. The number of benzene rings is 3. The highest BCUT2D eigenvalue weighted by Crippen LogP contribution is 2.32. The highest BCUT2D eigenvalue weighted by Gasteiger charge is 2.14. The lowest BCUT2D eigenvalue weighted by atomic mass is 10.0. The van der Waals surface area contributed by atoms with Crippen LogP contribution < -0.4 is 19.5 Å². The summed E-state index contributed by atoms with van der Waals surface area (Å²) in [6.45, 7) is 2.46.